The molecule has 1 amide bonds. The fraction of sp³-hybridized carbons (Fsp3) is 0.167. The number of hydrogen-bond donors (Lipinski definition) is 1. The molecule has 0 unspecified atom stereocenters. The number of rotatable bonds is 4. The Labute approximate surface area is 134 Å². The summed E-state index contributed by atoms with van der Waals surface area (Å²) in [6.07, 6.45) is 0. The highest BCUT2D eigenvalue weighted by Gasteiger charge is 2.10. The van der Waals surface area contributed by atoms with Crippen LogP contribution in [0.2, 0.25) is 0 Å². The Bertz CT molecular complexity index is 805. The first kappa shape index (κ1) is 15.0. The van der Waals surface area contributed by atoms with E-state index < -0.39 is 0 Å². The Morgan fingerprint density at radius 1 is 0.957 bits per heavy atom. The fourth-order valence-corrected chi connectivity index (χ4v) is 2.10. The lowest BCUT2D eigenvalue weighted by molar-refractivity contribution is 0.0947. The number of hydrogen-bond acceptors (Lipinski definition) is 4. The number of nitrogens with one attached hydrogen (secondary N) is 1. The molecule has 0 atom stereocenters. The maximum Gasteiger partial charge on any atom is 0.251 e. The second-order valence-corrected chi connectivity index (χ2v) is 5.42. The summed E-state index contributed by atoms with van der Waals surface area (Å²) in [7, 11) is 0. The lowest BCUT2D eigenvalue weighted by Crippen LogP contribution is -2.22. The van der Waals surface area contributed by atoms with E-state index in [2.05, 4.69) is 15.5 Å². The Morgan fingerprint density at radius 3 is 2.22 bits per heavy atom. The van der Waals surface area contributed by atoms with Crippen LogP contribution in [0, 0.1) is 13.8 Å². The van der Waals surface area contributed by atoms with E-state index in [-0.39, 0.29) is 12.5 Å². The molecular weight excluding hydrogens is 290 g/mol. The minimum absolute atomic E-state index is 0.167. The highest BCUT2D eigenvalue weighted by molar-refractivity contribution is 5.94. The molecule has 1 heterocycles. The summed E-state index contributed by atoms with van der Waals surface area (Å²) in [6.45, 7) is 4.20. The average molecular weight is 307 g/mol. The summed E-state index contributed by atoms with van der Waals surface area (Å²) in [5.41, 5.74) is 3.74. The van der Waals surface area contributed by atoms with Crippen LogP contribution in [0.3, 0.4) is 0 Å². The molecule has 2 aromatic carbocycles. The van der Waals surface area contributed by atoms with Crippen molar-refractivity contribution in [1.82, 2.24) is 15.5 Å². The van der Waals surface area contributed by atoms with Crippen molar-refractivity contribution in [2.75, 3.05) is 0 Å². The zero-order valence-corrected chi connectivity index (χ0v) is 13.0. The summed E-state index contributed by atoms with van der Waals surface area (Å²) in [6, 6.07) is 15.2. The van der Waals surface area contributed by atoms with Crippen LogP contribution in [0.25, 0.3) is 11.5 Å². The van der Waals surface area contributed by atoms with Gasteiger partial charge in [0, 0.05) is 11.1 Å². The van der Waals surface area contributed by atoms with Crippen molar-refractivity contribution < 1.29 is 9.21 Å². The van der Waals surface area contributed by atoms with Gasteiger partial charge in [0.1, 0.15) is 0 Å². The van der Waals surface area contributed by atoms with Crippen LogP contribution in [-0.4, -0.2) is 16.1 Å². The predicted molar refractivity (Wildman–Crippen MR) is 86.8 cm³/mol. The molecule has 5 nitrogen and oxygen atoms in total. The molecule has 0 bridgehead atoms. The van der Waals surface area contributed by atoms with Gasteiger partial charge >= 0.3 is 0 Å². The summed E-state index contributed by atoms with van der Waals surface area (Å²) < 4.78 is 5.58. The highest BCUT2D eigenvalue weighted by Crippen LogP contribution is 2.18. The quantitative estimate of drug-likeness (QED) is 0.803. The second kappa shape index (κ2) is 6.44. The van der Waals surface area contributed by atoms with Crippen molar-refractivity contribution in [1.29, 1.82) is 0 Å². The van der Waals surface area contributed by atoms with Gasteiger partial charge in [-0.25, -0.2) is 0 Å². The van der Waals surface area contributed by atoms with Gasteiger partial charge in [-0.3, -0.25) is 4.79 Å². The SMILES string of the molecule is Cc1ccc(C(=O)NCc2nnc(-c3ccc(C)cc3)o2)cc1. The van der Waals surface area contributed by atoms with Gasteiger partial charge in [0.15, 0.2) is 0 Å². The van der Waals surface area contributed by atoms with Crippen LogP contribution in [0.5, 0.6) is 0 Å². The molecule has 0 spiro atoms. The normalized spacial score (nSPS) is 10.5. The standard InChI is InChI=1S/C18H17N3O2/c1-12-3-7-14(8-4-12)17(22)19-11-16-20-21-18(23-16)15-9-5-13(2)6-10-15/h3-10H,11H2,1-2H3,(H,19,22). The molecule has 3 aromatic rings. The van der Waals surface area contributed by atoms with Gasteiger partial charge in [0.2, 0.25) is 11.8 Å². The van der Waals surface area contributed by atoms with E-state index in [9.17, 15) is 4.79 Å². The second-order valence-electron chi connectivity index (χ2n) is 5.42. The van der Waals surface area contributed by atoms with Gasteiger partial charge in [-0.2, -0.15) is 0 Å². The number of carbonyl (C=O) groups excluding carboxylic acids is 1. The Balaban J connectivity index is 1.64. The van der Waals surface area contributed by atoms with Crippen LogP contribution in [0.15, 0.2) is 52.9 Å². The molecule has 1 aromatic heterocycles. The minimum Gasteiger partial charge on any atom is -0.419 e. The van der Waals surface area contributed by atoms with Crippen molar-refractivity contribution in [3.63, 3.8) is 0 Å². The molecule has 0 aliphatic heterocycles. The van der Waals surface area contributed by atoms with Crippen molar-refractivity contribution >= 4 is 5.91 Å². The molecular formula is C18H17N3O2. The molecule has 3 rings (SSSR count). The van der Waals surface area contributed by atoms with E-state index in [1.807, 2.05) is 50.2 Å². The topological polar surface area (TPSA) is 68.0 Å². The third-order valence-electron chi connectivity index (χ3n) is 3.48. The van der Waals surface area contributed by atoms with Gasteiger partial charge in [0.25, 0.3) is 5.91 Å². The minimum atomic E-state index is -0.167. The molecule has 0 radical (unpaired) electrons. The largest absolute Gasteiger partial charge is 0.419 e. The maximum atomic E-state index is 12.0. The molecule has 1 N–H and O–H groups in total. The summed E-state index contributed by atoms with van der Waals surface area (Å²) in [4.78, 5) is 12.0. The van der Waals surface area contributed by atoms with Gasteiger partial charge in [0.05, 0.1) is 6.54 Å². The lowest BCUT2D eigenvalue weighted by atomic mass is 10.1. The Hall–Kier alpha value is -2.95. The molecule has 23 heavy (non-hydrogen) atoms. The first-order valence-electron chi connectivity index (χ1n) is 7.36. The first-order chi connectivity index (χ1) is 11.1. The lowest BCUT2D eigenvalue weighted by Gasteiger charge is -2.02. The Morgan fingerprint density at radius 2 is 1.57 bits per heavy atom. The first-order valence-corrected chi connectivity index (χ1v) is 7.36. The van der Waals surface area contributed by atoms with Gasteiger partial charge in [-0.05, 0) is 38.1 Å². The van der Waals surface area contributed by atoms with Crippen LogP contribution >= 0.6 is 0 Å². The van der Waals surface area contributed by atoms with Crippen molar-refractivity contribution in [2.24, 2.45) is 0 Å². The highest BCUT2D eigenvalue weighted by atomic mass is 16.4. The molecule has 0 saturated heterocycles. The monoisotopic (exact) mass is 307 g/mol. The number of carbonyl (C=O) groups is 1. The van der Waals surface area contributed by atoms with Crippen LogP contribution in [0.1, 0.15) is 27.4 Å². The number of aromatic nitrogens is 2. The van der Waals surface area contributed by atoms with Crippen molar-refractivity contribution in [2.45, 2.75) is 20.4 Å². The summed E-state index contributed by atoms with van der Waals surface area (Å²) >= 11 is 0. The van der Waals surface area contributed by atoms with Crippen molar-refractivity contribution in [3.8, 4) is 11.5 Å². The maximum absolute atomic E-state index is 12.0. The van der Waals surface area contributed by atoms with E-state index in [4.69, 9.17) is 4.42 Å². The van der Waals surface area contributed by atoms with Crippen LogP contribution in [0.4, 0.5) is 0 Å². The number of benzene rings is 2. The smallest absolute Gasteiger partial charge is 0.251 e. The summed E-state index contributed by atoms with van der Waals surface area (Å²) in [5.74, 6) is 0.658. The zero-order valence-electron chi connectivity index (χ0n) is 13.0. The van der Waals surface area contributed by atoms with Gasteiger partial charge in [-0.1, -0.05) is 35.4 Å². The van der Waals surface area contributed by atoms with E-state index in [1.54, 1.807) is 12.1 Å². The van der Waals surface area contributed by atoms with Gasteiger partial charge in [-0.15, -0.1) is 10.2 Å². The predicted octanol–water partition coefficient (Wildman–Crippen LogP) is 3.28. The molecule has 5 heteroatoms. The Kier molecular flexibility index (Phi) is 4.19. The summed E-state index contributed by atoms with van der Waals surface area (Å²) in [5, 5.41) is 10.7. The third kappa shape index (κ3) is 3.63. The van der Waals surface area contributed by atoms with E-state index in [0.717, 1.165) is 11.1 Å². The molecule has 0 aliphatic rings. The van der Waals surface area contributed by atoms with Crippen molar-refractivity contribution in [3.05, 3.63) is 71.1 Å². The molecule has 116 valence electrons. The third-order valence-corrected chi connectivity index (χ3v) is 3.48. The number of nitrogens with zero attached hydrogens (tertiary/aromatic N) is 2. The van der Waals surface area contributed by atoms with E-state index >= 15 is 0 Å². The zero-order chi connectivity index (χ0) is 16.2. The number of aryl methyl sites for hydroxylation is 2. The average Bonchev–Trinajstić information content (AvgIpc) is 3.03. The molecule has 0 fully saturated rings. The fourth-order valence-electron chi connectivity index (χ4n) is 2.10. The van der Waals surface area contributed by atoms with Crippen LogP contribution in [-0.2, 0) is 6.54 Å². The van der Waals surface area contributed by atoms with Crippen LogP contribution < -0.4 is 5.32 Å². The van der Waals surface area contributed by atoms with E-state index in [0.29, 0.717) is 17.3 Å². The van der Waals surface area contributed by atoms with E-state index in [1.165, 1.54) is 5.56 Å². The number of amides is 1. The molecule has 0 aliphatic carbocycles. The van der Waals surface area contributed by atoms with Gasteiger partial charge < -0.3 is 9.73 Å². The molecule has 0 saturated carbocycles.